The number of hydrogen-bond donors (Lipinski definition) is 3. The number of nitrogens with one attached hydrogen (secondary N) is 3. The van der Waals surface area contributed by atoms with Gasteiger partial charge in [0.2, 0.25) is 0 Å². The van der Waals surface area contributed by atoms with Crippen LogP contribution in [0.4, 0.5) is 9.80 Å². The van der Waals surface area contributed by atoms with Crippen molar-refractivity contribution in [3.63, 3.8) is 0 Å². The highest BCUT2D eigenvalue weighted by atomic mass is 32.1. The minimum Gasteiger partial charge on any atom is -0.361 e. The molecule has 37 heavy (non-hydrogen) atoms. The number of carbonyl (C=O) groups excluding carboxylic acids is 2. The van der Waals surface area contributed by atoms with Crippen LogP contribution in [0.2, 0.25) is 0 Å². The second-order valence-electron chi connectivity index (χ2n) is 9.85. The first kappa shape index (κ1) is 23.4. The number of urea groups is 1. The van der Waals surface area contributed by atoms with Crippen LogP contribution in [0.5, 0.6) is 0 Å². The Morgan fingerprint density at radius 1 is 1.19 bits per heavy atom. The van der Waals surface area contributed by atoms with Crippen LogP contribution in [0.1, 0.15) is 39.6 Å². The lowest BCUT2D eigenvalue weighted by Gasteiger charge is -2.42. The fourth-order valence-electron chi connectivity index (χ4n) is 5.55. The summed E-state index contributed by atoms with van der Waals surface area (Å²) in [6, 6.07) is 11.3. The summed E-state index contributed by atoms with van der Waals surface area (Å²) in [7, 11) is 0. The second kappa shape index (κ2) is 9.47. The molecule has 2 aliphatic heterocycles. The number of likely N-dealkylation sites (tertiary alicyclic amines) is 1. The molecule has 2 bridgehead atoms. The largest absolute Gasteiger partial charge is 0.361 e. The van der Waals surface area contributed by atoms with E-state index in [2.05, 4.69) is 50.3 Å². The number of fused-ring (bicyclic) bond motifs is 5. The van der Waals surface area contributed by atoms with Gasteiger partial charge in [-0.25, -0.2) is 4.79 Å². The molecule has 4 aromatic rings. The Morgan fingerprint density at radius 2 is 2.08 bits per heavy atom. The number of amides is 3. The van der Waals surface area contributed by atoms with Crippen molar-refractivity contribution in [2.75, 3.05) is 25.0 Å². The van der Waals surface area contributed by atoms with Gasteiger partial charge in [-0.2, -0.15) is 0 Å². The van der Waals surface area contributed by atoms with E-state index >= 15 is 0 Å². The van der Waals surface area contributed by atoms with E-state index < -0.39 is 0 Å². The molecule has 3 N–H and O–H groups in total. The zero-order valence-electron chi connectivity index (χ0n) is 20.4. The van der Waals surface area contributed by atoms with Crippen LogP contribution >= 0.6 is 11.5 Å². The average molecular weight is 518 g/mol. The standard InChI is InChI=1S/C26H27N7O3S/c1-15-5-6-20-19(9-15)17(11-28-20)7-8-27-24(35)23-25(37-31-30-23)29-26(36)32-12-16-10-18(14-32)21-3-2-4-22(34)33(21)13-16/h2-6,9,11,16,18,28H,7-8,10,12-14H2,1H3,(H,27,35)(H,29,36)/t16-,18-/m1/s1. The zero-order chi connectivity index (χ0) is 25.5. The van der Waals surface area contributed by atoms with Gasteiger partial charge in [0, 0.05) is 72.5 Å². The van der Waals surface area contributed by atoms with Gasteiger partial charge in [0.1, 0.15) is 0 Å². The van der Waals surface area contributed by atoms with Gasteiger partial charge in [0.05, 0.1) is 0 Å². The van der Waals surface area contributed by atoms with Crippen LogP contribution in [0.3, 0.4) is 0 Å². The first-order valence-corrected chi connectivity index (χ1v) is 13.2. The first-order valence-electron chi connectivity index (χ1n) is 12.4. The lowest BCUT2D eigenvalue weighted by atomic mass is 9.83. The maximum absolute atomic E-state index is 13.1. The van der Waals surface area contributed by atoms with Crippen molar-refractivity contribution in [1.82, 2.24) is 29.4 Å². The van der Waals surface area contributed by atoms with E-state index in [1.165, 1.54) is 5.56 Å². The Morgan fingerprint density at radius 3 is 2.97 bits per heavy atom. The predicted octanol–water partition coefficient (Wildman–Crippen LogP) is 3.11. The molecule has 0 radical (unpaired) electrons. The van der Waals surface area contributed by atoms with Crippen molar-refractivity contribution in [1.29, 1.82) is 0 Å². The fraction of sp³-hybridized carbons (Fsp3) is 0.346. The Hall–Kier alpha value is -3.99. The quantitative estimate of drug-likeness (QED) is 0.375. The van der Waals surface area contributed by atoms with Crippen LogP contribution in [0, 0.1) is 12.8 Å². The topological polar surface area (TPSA) is 125 Å². The monoisotopic (exact) mass is 517 g/mol. The van der Waals surface area contributed by atoms with E-state index in [1.54, 1.807) is 17.0 Å². The molecule has 10 nitrogen and oxygen atoms in total. The van der Waals surface area contributed by atoms with Gasteiger partial charge < -0.3 is 19.8 Å². The average Bonchev–Trinajstić information content (AvgIpc) is 3.51. The number of rotatable bonds is 5. The van der Waals surface area contributed by atoms with E-state index in [9.17, 15) is 14.4 Å². The summed E-state index contributed by atoms with van der Waals surface area (Å²) >= 11 is 0.986. The first-order chi connectivity index (χ1) is 18.0. The third-order valence-corrected chi connectivity index (χ3v) is 7.93. The number of carbonyl (C=O) groups is 2. The van der Waals surface area contributed by atoms with Crippen molar-refractivity contribution >= 4 is 39.4 Å². The minimum absolute atomic E-state index is 0.0105. The summed E-state index contributed by atoms with van der Waals surface area (Å²) in [6.07, 6.45) is 3.59. The summed E-state index contributed by atoms with van der Waals surface area (Å²) < 4.78 is 5.74. The third kappa shape index (κ3) is 4.50. The lowest BCUT2D eigenvalue weighted by molar-refractivity contribution is 0.0950. The molecule has 3 amide bonds. The van der Waals surface area contributed by atoms with Gasteiger partial charge >= 0.3 is 6.03 Å². The molecular formula is C26H27N7O3S. The Kier molecular flexibility index (Phi) is 5.99. The zero-order valence-corrected chi connectivity index (χ0v) is 21.2. The second-order valence-corrected chi connectivity index (χ2v) is 10.6. The highest BCUT2D eigenvalue weighted by Gasteiger charge is 2.36. The summed E-state index contributed by atoms with van der Waals surface area (Å²) in [4.78, 5) is 43.3. The number of pyridine rings is 1. The molecule has 11 heteroatoms. The minimum atomic E-state index is -0.371. The predicted molar refractivity (Wildman–Crippen MR) is 141 cm³/mol. The molecule has 6 rings (SSSR count). The number of benzene rings is 1. The van der Waals surface area contributed by atoms with Gasteiger partial charge in [-0.1, -0.05) is 22.2 Å². The molecule has 0 unspecified atom stereocenters. The molecular weight excluding hydrogens is 490 g/mol. The molecule has 1 fully saturated rings. The van der Waals surface area contributed by atoms with Crippen LogP contribution < -0.4 is 16.2 Å². The number of H-pyrrole nitrogens is 1. The number of hydrogen-bond acceptors (Lipinski definition) is 6. The van der Waals surface area contributed by atoms with E-state index in [4.69, 9.17) is 0 Å². The van der Waals surface area contributed by atoms with Crippen LogP contribution in [0.15, 0.2) is 47.4 Å². The van der Waals surface area contributed by atoms with Crippen molar-refractivity contribution in [2.45, 2.75) is 32.2 Å². The van der Waals surface area contributed by atoms with Gasteiger partial charge in [0.15, 0.2) is 10.7 Å². The Balaban J connectivity index is 1.08. The maximum atomic E-state index is 13.1. The Bertz CT molecular complexity index is 1560. The molecule has 3 aromatic heterocycles. The number of piperidine rings is 1. The van der Waals surface area contributed by atoms with Crippen molar-refractivity contribution < 1.29 is 9.59 Å². The van der Waals surface area contributed by atoms with E-state index in [-0.39, 0.29) is 35.0 Å². The number of aromatic nitrogens is 4. The molecule has 0 aliphatic carbocycles. The van der Waals surface area contributed by atoms with Crippen LogP contribution in [0.25, 0.3) is 10.9 Å². The van der Waals surface area contributed by atoms with Gasteiger partial charge in [0.25, 0.3) is 11.5 Å². The van der Waals surface area contributed by atoms with E-state index in [0.717, 1.165) is 40.1 Å². The molecule has 0 saturated carbocycles. The SMILES string of the molecule is Cc1ccc2[nH]cc(CCNC(=O)c3nnsc3NC(=O)N3C[C@H]4C[C@H](C3)c3cccc(=O)n3C4)c2c1. The summed E-state index contributed by atoms with van der Waals surface area (Å²) in [5.41, 5.74) is 4.48. The molecule has 1 saturated heterocycles. The van der Waals surface area contributed by atoms with E-state index in [1.807, 2.05) is 16.8 Å². The molecule has 0 spiro atoms. The highest BCUT2D eigenvalue weighted by Crippen LogP contribution is 2.35. The summed E-state index contributed by atoms with van der Waals surface area (Å²) in [6.45, 7) is 4.17. The number of nitrogens with zero attached hydrogens (tertiary/aromatic N) is 4. The summed E-state index contributed by atoms with van der Waals surface area (Å²) in [5.74, 6) is -0.0422. The number of aromatic amines is 1. The molecule has 2 atom stereocenters. The van der Waals surface area contributed by atoms with Crippen molar-refractivity contribution in [3.8, 4) is 0 Å². The maximum Gasteiger partial charge on any atom is 0.322 e. The number of anilines is 1. The van der Waals surface area contributed by atoms with Crippen LogP contribution in [-0.2, 0) is 13.0 Å². The third-order valence-electron chi connectivity index (χ3n) is 7.29. The van der Waals surface area contributed by atoms with Crippen molar-refractivity contribution in [2.24, 2.45) is 5.92 Å². The molecule has 1 aromatic carbocycles. The van der Waals surface area contributed by atoms with Gasteiger partial charge in [-0.3, -0.25) is 14.9 Å². The highest BCUT2D eigenvalue weighted by molar-refractivity contribution is 7.10. The Labute approximate surface area is 216 Å². The fourth-order valence-corrected chi connectivity index (χ4v) is 6.11. The molecule has 190 valence electrons. The van der Waals surface area contributed by atoms with Gasteiger partial charge in [-0.05, 0) is 49.4 Å². The van der Waals surface area contributed by atoms with Crippen molar-refractivity contribution in [3.05, 3.63) is 75.5 Å². The lowest BCUT2D eigenvalue weighted by Crippen LogP contribution is -2.50. The summed E-state index contributed by atoms with van der Waals surface area (Å²) in [5, 5.41) is 11.2. The van der Waals surface area contributed by atoms with Gasteiger partial charge in [-0.15, -0.1) is 5.10 Å². The molecule has 5 heterocycles. The smallest absolute Gasteiger partial charge is 0.322 e. The van der Waals surface area contributed by atoms with E-state index in [0.29, 0.717) is 37.6 Å². The number of aryl methyl sites for hydroxylation is 1. The van der Waals surface area contributed by atoms with Crippen LogP contribution in [-0.4, -0.2) is 55.6 Å². The normalized spacial score (nSPS) is 18.5. The molecule has 2 aliphatic rings.